The van der Waals surface area contributed by atoms with Crippen LogP contribution in [0, 0.1) is 0 Å². The van der Waals surface area contributed by atoms with E-state index in [9.17, 15) is 14.4 Å². The summed E-state index contributed by atoms with van der Waals surface area (Å²) < 4.78 is 0. The fraction of sp³-hybridized carbons (Fsp3) is 0.667. The number of aliphatic carboxylic acids is 2. The molecule has 0 aromatic carbocycles. The SMILES string of the molecule is CCC(=O)C(=O)O.CSCC[C@H](N)C(=O)O.O. The zero-order chi connectivity index (χ0) is 13.1. The molecular formula is C9H19NO6S. The molecule has 0 bridgehead atoms. The van der Waals surface area contributed by atoms with Gasteiger partial charge in [-0.15, -0.1) is 0 Å². The van der Waals surface area contributed by atoms with E-state index in [1.54, 1.807) is 11.8 Å². The molecule has 0 saturated heterocycles. The van der Waals surface area contributed by atoms with Crippen LogP contribution in [0.5, 0.6) is 0 Å². The quantitative estimate of drug-likeness (QED) is 0.543. The van der Waals surface area contributed by atoms with Crippen molar-refractivity contribution in [1.29, 1.82) is 0 Å². The van der Waals surface area contributed by atoms with E-state index in [0.29, 0.717) is 6.42 Å². The van der Waals surface area contributed by atoms with Gasteiger partial charge in [-0.2, -0.15) is 11.8 Å². The van der Waals surface area contributed by atoms with Gasteiger partial charge in [-0.25, -0.2) is 4.79 Å². The van der Waals surface area contributed by atoms with E-state index in [1.165, 1.54) is 6.92 Å². The summed E-state index contributed by atoms with van der Waals surface area (Å²) in [5.74, 6) is -2.18. The number of carbonyl (C=O) groups excluding carboxylic acids is 1. The van der Waals surface area contributed by atoms with Gasteiger partial charge in [0.05, 0.1) is 0 Å². The molecule has 0 fully saturated rings. The van der Waals surface area contributed by atoms with E-state index in [0.717, 1.165) is 5.75 Å². The third-order valence-corrected chi connectivity index (χ3v) is 2.15. The Balaban J connectivity index is -0.000000224. The minimum Gasteiger partial charge on any atom is -0.480 e. The van der Waals surface area contributed by atoms with Crippen LogP contribution in [0.3, 0.4) is 0 Å². The molecule has 8 heteroatoms. The number of Topliss-reactive ketones (excluding diaryl/α,β-unsaturated/α-hetero) is 1. The minimum atomic E-state index is -1.34. The molecule has 6 N–H and O–H groups in total. The summed E-state index contributed by atoms with van der Waals surface area (Å²) in [4.78, 5) is 29.6. The van der Waals surface area contributed by atoms with Crippen molar-refractivity contribution in [3.8, 4) is 0 Å². The van der Waals surface area contributed by atoms with Crippen molar-refractivity contribution in [2.75, 3.05) is 12.0 Å². The highest BCUT2D eigenvalue weighted by molar-refractivity contribution is 7.98. The van der Waals surface area contributed by atoms with Crippen LogP contribution in [-0.4, -0.2) is 51.5 Å². The third-order valence-electron chi connectivity index (χ3n) is 1.51. The molecule has 0 unspecified atom stereocenters. The predicted molar refractivity (Wildman–Crippen MR) is 65.2 cm³/mol. The second kappa shape index (κ2) is 12.9. The number of carbonyl (C=O) groups is 3. The van der Waals surface area contributed by atoms with Crippen LogP contribution < -0.4 is 5.73 Å². The highest BCUT2D eigenvalue weighted by Crippen LogP contribution is 1.97. The Hall–Kier alpha value is -1.12. The van der Waals surface area contributed by atoms with Gasteiger partial charge in [0.15, 0.2) is 0 Å². The van der Waals surface area contributed by atoms with Gasteiger partial charge in [0.25, 0.3) is 0 Å². The topological polar surface area (TPSA) is 149 Å². The number of rotatable bonds is 6. The van der Waals surface area contributed by atoms with Crippen LogP contribution in [0.4, 0.5) is 0 Å². The Morgan fingerprint density at radius 1 is 1.29 bits per heavy atom. The van der Waals surface area contributed by atoms with Gasteiger partial charge >= 0.3 is 11.9 Å². The van der Waals surface area contributed by atoms with Crippen molar-refractivity contribution in [3.05, 3.63) is 0 Å². The number of carboxylic acid groups (broad SMARTS) is 2. The number of ketones is 1. The molecule has 17 heavy (non-hydrogen) atoms. The molecule has 0 saturated carbocycles. The lowest BCUT2D eigenvalue weighted by Gasteiger charge is -2.02. The number of hydrogen-bond donors (Lipinski definition) is 3. The van der Waals surface area contributed by atoms with Crippen LogP contribution in [0.2, 0.25) is 0 Å². The van der Waals surface area contributed by atoms with Crippen LogP contribution in [-0.2, 0) is 14.4 Å². The molecule has 0 spiro atoms. The fourth-order valence-electron chi connectivity index (χ4n) is 0.520. The van der Waals surface area contributed by atoms with E-state index in [-0.39, 0.29) is 11.9 Å². The molecular weight excluding hydrogens is 250 g/mol. The average Bonchev–Trinajstić information content (AvgIpc) is 2.25. The fourth-order valence-corrected chi connectivity index (χ4v) is 1.01. The second-order valence-electron chi connectivity index (χ2n) is 2.81. The maximum Gasteiger partial charge on any atom is 0.372 e. The van der Waals surface area contributed by atoms with Crippen LogP contribution in [0.15, 0.2) is 0 Å². The highest BCUT2D eigenvalue weighted by atomic mass is 32.2. The lowest BCUT2D eigenvalue weighted by atomic mass is 10.2. The van der Waals surface area contributed by atoms with Crippen molar-refractivity contribution >= 4 is 29.5 Å². The van der Waals surface area contributed by atoms with Crippen molar-refractivity contribution in [2.24, 2.45) is 5.73 Å². The third kappa shape index (κ3) is 14.9. The Bertz CT molecular complexity index is 246. The standard InChI is InChI=1S/C5H11NO2S.C4H6O3.H2O/c1-9-3-2-4(6)5(7)8;1-2-3(5)4(6)7;/h4H,2-3,6H2,1H3,(H,7,8);2H2,1H3,(H,6,7);1H2/t4-;;/m0../s1. The predicted octanol–water partition coefficient (Wildman–Crippen LogP) is -0.623. The van der Waals surface area contributed by atoms with E-state index >= 15 is 0 Å². The summed E-state index contributed by atoms with van der Waals surface area (Å²) >= 11 is 1.60. The zero-order valence-corrected chi connectivity index (χ0v) is 10.6. The maximum absolute atomic E-state index is 10.1. The van der Waals surface area contributed by atoms with Gasteiger partial charge < -0.3 is 21.4 Å². The number of thioether (sulfide) groups is 1. The molecule has 0 heterocycles. The molecule has 0 amide bonds. The van der Waals surface area contributed by atoms with Crippen molar-refractivity contribution in [3.63, 3.8) is 0 Å². The monoisotopic (exact) mass is 269 g/mol. The summed E-state index contributed by atoms with van der Waals surface area (Å²) in [6.45, 7) is 1.51. The Morgan fingerprint density at radius 2 is 1.76 bits per heavy atom. The van der Waals surface area contributed by atoms with Crippen LogP contribution in [0.25, 0.3) is 0 Å². The molecule has 0 rings (SSSR count). The summed E-state index contributed by atoms with van der Waals surface area (Å²) in [6, 6.07) is -0.683. The molecule has 102 valence electrons. The first kappa shape index (κ1) is 21.2. The lowest BCUT2D eigenvalue weighted by Crippen LogP contribution is -2.30. The van der Waals surface area contributed by atoms with Gasteiger partial charge in [0.2, 0.25) is 5.78 Å². The minimum absolute atomic E-state index is 0. The lowest BCUT2D eigenvalue weighted by molar-refractivity contribution is -0.148. The molecule has 0 aliphatic heterocycles. The van der Waals surface area contributed by atoms with E-state index in [4.69, 9.17) is 15.9 Å². The summed E-state index contributed by atoms with van der Waals surface area (Å²) in [6.07, 6.45) is 2.56. The van der Waals surface area contributed by atoms with E-state index in [1.807, 2.05) is 6.26 Å². The van der Waals surface area contributed by atoms with Gasteiger partial charge in [-0.3, -0.25) is 9.59 Å². The number of carboxylic acids is 2. The largest absolute Gasteiger partial charge is 0.480 e. The van der Waals surface area contributed by atoms with E-state index in [2.05, 4.69) is 0 Å². The summed E-state index contributed by atoms with van der Waals surface area (Å²) in [5.41, 5.74) is 5.19. The molecule has 7 nitrogen and oxygen atoms in total. The van der Waals surface area contributed by atoms with Crippen LogP contribution >= 0.6 is 11.8 Å². The van der Waals surface area contributed by atoms with Gasteiger partial charge in [-0.1, -0.05) is 6.92 Å². The smallest absolute Gasteiger partial charge is 0.372 e. The Labute approximate surface area is 104 Å². The van der Waals surface area contributed by atoms with Crippen LogP contribution in [0.1, 0.15) is 19.8 Å². The normalized spacial score (nSPS) is 10.3. The number of nitrogens with two attached hydrogens (primary N) is 1. The molecule has 0 aromatic heterocycles. The van der Waals surface area contributed by atoms with E-state index < -0.39 is 23.8 Å². The van der Waals surface area contributed by atoms with Crippen molar-refractivity contribution in [2.45, 2.75) is 25.8 Å². The molecule has 0 aromatic rings. The molecule has 0 radical (unpaired) electrons. The first-order valence-corrected chi connectivity index (χ1v) is 5.99. The highest BCUT2D eigenvalue weighted by Gasteiger charge is 2.09. The maximum atomic E-state index is 10.1. The molecule has 1 atom stereocenters. The first-order valence-electron chi connectivity index (χ1n) is 4.60. The summed E-state index contributed by atoms with van der Waals surface area (Å²) in [7, 11) is 0. The molecule has 0 aliphatic rings. The zero-order valence-electron chi connectivity index (χ0n) is 9.80. The van der Waals surface area contributed by atoms with Gasteiger partial charge in [0.1, 0.15) is 6.04 Å². The Kier molecular flexibility index (Phi) is 16.1. The second-order valence-corrected chi connectivity index (χ2v) is 3.79. The van der Waals surface area contributed by atoms with Gasteiger partial charge in [0, 0.05) is 6.42 Å². The summed E-state index contributed by atoms with van der Waals surface area (Å²) in [5, 5.41) is 16.1. The van der Waals surface area contributed by atoms with Gasteiger partial charge in [-0.05, 0) is 18.4 Å². The number of hydrogen-bond acceptors (Lipinski definition) is 5. The van der Waals surface area contributed by atoms with Crippen molar-refractivity contribution in [1.82, 2.24) is 0 Å². The van der Waals surface area contributed by atoms with Crippen molar-refractivity contribution < 1.29 is 30.1 Å². The average molecular weight is 269 g/mol. The molecule has 0 aliphatic carbocycles. The first-order chi connectivity index (χ1) is 7.36. The Morgan fingerprint density at radius 3 is 1.94 bits per heavy atom.